The molecular formula is C13H22N4O. The van der Waals surface area contributed by atoms with Gasteiger partial charge in [0.2, 0.25) is 5.91 Å². The second kappa shape index (κ2) is 6.83. The minimum atomic E-state index is 0.0809. The zero-order valence-corrected chi connectivity index (χ0v) is 11.6. The Balaban J connectivity index is 2.67. The van der Waals surface area contributed by atoms with Gasteiger partial charge in [-0.15, -0.1) is 0 Å². The van der Waals surface area contributed by atoms with Crippen LogP contribution < -0.4 is 10.2 Å². The van der Waals surface area contributed by atoms with Gasteiger partial charge in [-0.2, -0.15) is 0 Å². The molecule has 100 valence electrons. The van der Waals surface area contributed by atoms with Crippen LogP contribution in [0.25, 0.3) is 0 Å². The number of likely N-dealkylation sites (N-methyl/N-ethyl adjacent to an activating group) is 2. The minimum absolute atomic E-state index is 0.0809. The molecular weight excluding hydrogens is 228 g/mol. The number of carbonyl (C=O) groups excluding carboxylic acids is 1. The van der Waals surface area contributed by atoms with Crippen LogP contribution in [0.2, 0.25) is 0 Å². The lowest BCUT2D eigenvalue weighted by Crippen LogP contribution is -2.34. The zero-order valence-electron chi connectivity index (χ0n) is 11.6. The van der Waals surface area contributed by atoms with Gasteiger partial charge in [0, 0.05) is 45.6 Å². The van der Waals surface area contributed by atoms with Gasteiger partial charge in [0.1, 0.15) is 5.82 Å². The Morgan fingerprint density at radius 3 is 2.72 bits per heavy atom. The van der Waals surface area contributed by atoms with E-state index in [0.29, 0.717) is 6.54 Å². The van der Waals surface area contributed by atoms with Crippen LogP contribution in [-0.2, 0) is 4.79 Å². The fourth-order valence-corrected chi connectivity index (χ4v) is 1.44. The molecule has 0 atom stereocenters. The van der Waals surface area contributed by atoms with E-state index in [2.05, 4.69) is 17.2 Å². The van der Waals surface area contributed by atoms with E-state index in [1.807, 2.05) is 24.1 Å². The lowest BCUT2D eigenvalue weighted by Gasteiger charge is -2.21. The molecule has 0 spiro atoms. The number of aromatic nitrogens is 1. The lowest BCUT2D eigenvalue weighted by atomic mass is 10.3. The summed E-state index contributed by atoms with van der Waals surface area (Å²) in [6.07, 6.45) is 2.81. The highest BCUT2D eigenvalue weighted by Gasteiger charge is 2.09. The summed E-state index contributed by atoms with van der Waals surface area (Å²) in [7, 11) is 5.42. The number of nitrogens with one attached hydrogen (secondary N) is 1. The standard InChI is InChI=1S/C13H22N4O/c1-5-7-14-12-9-11(6-8-15-12)17(4)10-13(18)16(2)3/h6,8-9H,5,7,10H2,1-4H3,(H,14,15). The number of pyridine rings is 1. The van der Waals surface area contributed by atoms with Crippen LogP contribution in [0, 0.1) is 0 Å². The Labute approximate surface area is 109 Å². The molecule has 1 amide bonds. The third kappa shape index (κ3) is 4.24. The van der Waals surface area contributed by atoms with Crippen molar-refractivity contribution in [2.75, 3.05) is 44.4 Å². The van der Waals surface area contributed by atoms with Crippen molar-refractivity contribution in [2.24, 2.45) is 0 Å². The van der Waals surface area contributed by atoms with Crippen LogP contribution in [-0.4, -0.2) is 50.0 Å². The van der Waals surface area contributed by atoms with Gasteiger partial charge in [-0.3, -0.25) is 4.79 Å². The van der Waals surface area contributed by atoms with Crippen molar-refractivity contribution in [1.82, 2.24) is 9.88 Å². The number of rotatable bonds is 6. The number of nitrogens with zero attached hydrogens (tertiary/aromatic N) is 3. The summed E-state index contributed by atoms with van der Waals surface area (Å²) in [5.74, 6) is 0.927. The molecule has 1 N–H and O–H groups in total. The van der Waals surface area contributed by atoms with Crippen molar-refractivity contribution in [3.63, 3.8) is 0 Å². The Bertz CT molecular complexity index is 392. The second-order valence-corrected chi connectivity index (χ2v) is 4.47. The van der Waals surface area contributed by atoms with Crippen LogP contribution >= 0.6 is 0 Å². The van der Waals surface area contributed by atoms with Crippen molar-refractivity contribution >= 4 is 17.4 Å². The van der Waals surface area contributed by atoms with Gasteiger partial charge in [0.15, 0.2) is 0 Å². The molecule has 0 aliphatic heterocycles. The molecule has 1 rings (SSSR count). The summed E-state index contributed by atoms with van der Waals surface area (Å²) >= 11 is 0. The Kier molecular flexibility index (Phi) is 5.42. The molecule has 5 nitrogen and oxygen atoms in total. The van der Waals surface area contributed by atoms with E-state index in [4.69, 9.17) is 0 Å². The van der Waals surface area contributed by atoms with Crippen molar-refractivity contribution in [3.8, 4) is 0 Å². The van der Waals surface area contributed by atoms with Crippen LogP contribution in [0.4, 0.5) is 11.5 Å². The van der Waals surface area contributed by atoms with E-state index in [9.17, 15) is 4.79 Å². The molecule has 1 heterocycles. The second-order valence-electron chi connectivity index (χ2n) is 4.47. The van der Waals surface area contributed by atoms with Gasteiger partial charge in [-0.25, -0.2) is 4.98 Å². The van der Waals surface area contributed by atoms with Gasteiger partial charge in [0.05, 0.1) is 6.54 Å². The molecule has 0 bridgehead atoms. The van der Waals surface area contributed by atoms with E-state index in [0.717, 1.165) is 24.5 Å². The smallest absolute Gasteiger partial charge is 0.241 e. The third-order valence-electron chi connectivity index (χ3n) is 2.61. The largest absolute Gasteiger partial charge is 0.370 e. The average molecular weight is 250 g/mol. The lowest BCUT2D eigenvalue weighted by molar-refractivity contribution is -0.127. The Morgan fingerprint density at radius 1 is 1.39 bits per heavy atom. The first-order valence-corrected chi connectivity index (χ1v) is 6.15. The third-order valence-corrected chi connectivity index (χ3v) is 2.61. The predicted octanol–water partition coefficient (Wildman–Crippen LogP) is 1.43. The monoisotopic (exact) mass is 250 g/mol. The zero-order chi connectivity index (χ0) is 13.5. The molecule has 0 aromatic carbocycles. The van der Waals surface area contributed by atoms with Gasteiger partial charge in [-0.05, 0) is 12.5 Å². The predicted molar refractivity (Wildman–Crippen MR) is 75.0 cm³/mol. The quantitative estimate of drug-likeness (QED) is 0.829. The molecule has 0 aliphatic carbocycles. The number of hydrogen-bond donors (Lipinski definition) is 1. The van der Waals surface area contributed by atoms with E-state index in [1.165, 1.54) is 0 Å². The molecule has 5 heteroatoms. The maximum atomic E-state index is 11.6. The van der Waals surface area contributed by atoms with Crippen molar-refractivity contribution in [2.45, 2.75) is 13.3 Å². The topological polar surface area (TPSA) is 48.5 Å². The molecule has 0 aliphatic rings. The highest BCUT2D eigenvalue weighted by atomic mass is 16.2. The fourth-order valence-electron chi connectivity index (χ4n) is 1.44. The Morgan fingerprint density at radius 2 is 2.11 bits per heavy atom. The van der Waals surface area contributed by atoms with Gasteiger partial charge in [-0.1, -0.05) is 6.92 Å². The van der Waals surface area contributed by atoms with Crippen LogP contribution in [0.5, 0.6) is 0 Å². The molecule has 0 saturated carbocycles. The van der Waals surface area contributed by atoms with Gasteiger partial charge in [0.25, 0.3) is 0 Å². The number of hydrogen-bond acceptors (Lipinski definition) is 4. The SMILES string of the molecule is CCCNc1cc(N(C)CC(=O)N(C)C)ccn1. The maximum Gasteiger partial charge on any atom is 0.241 e. The van der Waals surface area contributed by atoms with Gasteiger partial charge < -0.3 is 15.1 Å². The first kappa shape index (κ1) is 14.3. The van der Waals surface area contributed by atoms with Crippen molar-refractivity contribution in [3.05, 3.63) is 18.3 Å². The number of carbonyl (C=O) groups is 1. The molecule has 1 aromatic rings. The summed E-state index contributed by atoms with van der Waals surface area (Å²) < 4.78 is 0. The van der Waals surface area contributed by atoms with Crippen LogP contribution in [0.1, 0.15) is 13.3 Å². The van der Waals surface area contributed by atoms with E-state index >= 15 is 0 Å². The minimum Gasteiger partial charge on any atom is -0.370 e. The summed E-state index contributed by atoms with van der Waals surface area (Å²) in [5.41, 5.74) is 0.985. The number of amides is 1. The molecule has 0 radical (unpaired) electrons. The van der Waals surface area contributed by atoms with Crippen LogP contribution in [0.15, 0.2) is 18.3 Å². The highest BCUT2D eigenvalue weighted by Crippen LogP contribution is 2.15. The first-order valence-electron chi connectivity index (χ1n) is 6.15. The van der Waals surface area contributed by atoms with E-state index < -0.39 is 0 Å². The average Bonchev–Trinajstić information content (AvgIpc) is 2.36. The summed E-state index contributed by atoms with van der Waals surface area (Å²) in [5, 5.41) is 3.23. The van der Waals surface area contributed by atoms with E-state index in [1.54, 1.807) is 25.2 Å². The van der Waals surface area contributed by atoms with Gasteiger partial charge >= 0.3 is 0 Å². The fraction of sp³-hybridized carbons (Fsp3) is 0.538. The summed E-state index contributed by atoms with van der Waals surface area (Å²) in [4.78, 5) is 19.4. The molecule has 0 unspecified atom stereocenters. The maximum absolute atomic E-state index is 11.6. The molecule has 18 heavy (non-hydrogen) atoms. The van der Waals surface area contributed by atoms with Crippen molar-refractivity contribution in [1.29, 1.82) is 0 Å². The summed E-state index contributed by atoms with van der Waals surface area (Å²) in [6, 6.07) is 3.86. The van der Waals surface area contributed by atoms with E-state index in [-0.39, 0.29) is 5.91 Å². The number of anilines is 2. The van der Waals surface area contributed by atoms with Crippen LogP contribution in [0.3, 0.4) is 0 Å². The first-order chi connectivity index (χ1) is 8.54. The summed E-state index contributed by atoms with van der Waals surface area (Å²) in [6.45, 7) is 3.37. The molecule has 0 fully saturated rings. The normalized spacial score (nSPS) is 10.0. The highest BCUT2D eigenvalue weighted by molar-refractivity contribution is 5.81. The molecule has 0 saturated heterocycles. The van der Waals surface area contributed by atoms with Crippen molar-refractivity contribution < 1.29 is 4.79 Å². The molecule has 1 aromatic heterocycles. The Hall–Kier alpha value is -1.78.